The van der Waals surface area contributed by atoms with Crippen LogP contribution in [0, 0.1) is 0 Å². The molecule has 1 heterocycles. The molecule has 0 unspecified atom stereocenters. The van der Waals surface area contributed by atoms with Crippen LogP contribution >= 0.6 is 11.6 Å². The van der Waals surface area contributed by atoms with Crippen molar-refractivity contribution < 1.29 is 4.74 Å². The zero-order valence-electron chi connectivity index (χ0n) is 14.3. The third kappa shape index (κ3) is 4.77. The molecule has 1 aliphatic heterocycles. The lowest BCUT2D eigenvalue weighted by Gasteiger charge is -2.34. The molecule has 2 aromatic carbocycles. The summed E-state index contributed by atoms with van der Waals surface area (Å²) in [5.41, 5.74) is 2.26. The topological polar surface area (TPSA) is 28.1 Å². The number of benzene rings is 2. The monoisotopic (exact) mass is 355 g/mol. The lowest BCUT2D eigenvalue weighted by Crippen LogP contribution is -2.44. The van der Waals surface area contributed by atoms with Gasteiger partial charge in [-0.2, -0.15) is 5.10 Å². The van der Waals surface area contributed by atoms with E-state index in [1.807, 2.05) is 54.8 Å². The first-order valence-electron chi connectivity index (χ1n) is 8.35. The first kappa shape index (κ1) is 17.4. The van der Waals surface area contributed by atoms with Crippen LogP contribution in [0.5, 0.6) is 5.75 Å². The summed E-state index contributed by atoms with van der Waals surface area (Å²) in [5.74, 6) is 0.865. The molecule has 1 saturated heterocycles. The van der Waals surface area contributed by atoms with E-state index in [1.165, 1.54) is 5.69 Å². The van der Waals surface area contributed by atoms with Gasteiger partial charge >= 0.3 is 0 Å². The molecule has 0 atom stereocenters. The van der Waals surface area contributed by atoms with Crippen LogP contribution in [0.25, 0.3) is 6.08 Å². The van der Waals surface area contributed by atoms with Crippen LogP contribution in [0.15, 0.2) is 59.7 Å². The van der Waals surface area contributed by atoms with Crippen molar-refractivity contribution in [1.29, 1.82) is 0 Å². The molecule has 0 N–H and O–H groups in total. The van der Waals surface area contributed by atoms with Crippen molar-refractivity contribution in [3.63, 3.8) is 0 Å². The van der Waals surface area contributed by atoms with Gasteiger partial charge in [0.15, 0.2) is 0 Å². The van der Waals surface area contributed by atoms with Crippen LogP contribution in [0.3, 0.4) is 0 Å². The zero-order valence-corrected chi connectivity index (χ0v) is 15.1. The molecule has 4 nitrogen and oxygen atoms in total. The van der Waals surface area contributed by atoms with Crippen LogP contribution in [-0.2, 0) is 0 Å². The molecule has 0 saturated carbocycles. The summed E-state index contributed by atoms with van der Waals surface area (Å²) in [6.07, 6.45) is 5.79. The molecule has 0 aromatic heterocycles. The average Bonchev–Trinajstić information content (AvgIpc) is 2.67. The summed E-state index contributed by atoms with van der Waals surface area (Å²) in [7, 11) is 1.68. The Balaban J connectivity index is 1.51. The molecule has 0 radical (unpaired) electrons. The molecule has 0 amide bonds. The number of nitrogens with zero attached hydrogens (tertiary/aromatic N) is 3. The first-order valence-corrected chi connectivity index (χ1v) is 8.73. The van der Waals surface area contributed by atoms with Crippen molar-refractivity contribution in [1.82, 2.24) is 5.01 Å². The summed E-state index contributed by atoms with van der Waals surface area (Å²) in [4.78, 5) is 2.35. The van der Waals surface area contributed by atoms with Gasteiger partial charge in [0.25, 0.3) is 0 Å². The fourth-order valence-electron chi connectivity index (χ4n) is 2.81. The van der Waals surface area contributed by atoms with Crippen molar-refractivity contribution in [2.24, 2.45) is 5.10 Å². The van der Waals surface area contributed by atoms with Crippen LogP contribution in [0.4, 0.5) is 5.69 Å². The second kappa shape index (κ2) is 8.58. The summed E-state index contributed by atoms with van der Waals surface area (Å²) in [6, 6.07) is 15.9. The number of rotatable bonds is 5. The van der Waals surface area contributed by atoms with Gasteiger partial charge in [-0.3, -0.25) is 5.01 Å². The van der Waals surface area contributed by atoms with Gasteiger partial charge in [-0.25, -0.2) is 0 Å². The highest BCUT2D eigenvalue weighted by molar-refractivity contribution is 6.30. The van der Waals surface area contributed by atoms with Gasteiger partial charge in [-0.15, -0.1) is 0 Å². The van der Waals surface area contributed by atoms with E-state index in [2.05, 4.69) is 27.1 Å². The van der Waals surface area contributed by atoms with E-state index in [9.17, 15) is 0 Å². The third-order valence-corrected chi connectivity index (χ3v) is 4.43. The molecule has 0 bridgehead atoms. The third-order valence-electron chi connectivity index (χ3n) is 4.18. The number of ether oxygens (including phenoxy) is 1. The van der Waals surface area contributed by atoms with Gasteiger partial charge < -0.3 is 9.64 Å². The van der Waals surface area contributed by atoms with Gasteiger partial charge in [-0.1, -0.05) is 29.8 Å². The predicted molar refractivity (Wildman–Crippen MR) is 106 cm³/mol. The number of para-hydroxylation sites is 1. The van der Waals surface area contributed by atoms with E-state index in [4.69, 9.17) is 16.3 Å². The number of hydrogen-bond donors (Lipinski definition) is 0. The molecule has 2 aromatic rings. The summed E-state index contributed by atoms with van der Waals surface area (Å²) < 4.78 is 5.33. The Morgan fingerprint density at radius 2 is 1.72 bits per heavy atom. The number of hydrazone groups is 1. The maximum atomic E-state index is 5.95. The fraction of sp³-hybridized carbons (Fsp3) is 0.250. The smallest absolute Gasteiger partial charge is 0.126 e. The van der Waals surface area contributed by atoms with E-state index in [-0.39, 0.29) is 0 Å². The van der Waals surface area contributed by atoms with E-state index in [0.717, 1.165) is 42.5 Å². The minimum absolute atomic E-state index is 0.772. The SMILES string of the molecule is COc1ccccc1/C=C/C=N\N1CCN(c2ccc(Cl)cc2)CC1. The Bertz CT molecular complexity index is 735. The minimum Gasteiger partial charge on any atom is -0.496 e. The molecule has 0 spiro atoms. The largest absolute Gasteiger partial charge is 0.496 e. The maximum absolute atomic E-state index is 5.95. The van der Waals surface area contributed by atoms with Gasteiger partial charge in [0.1, 0.15) is 5.75 Å². The summed E-state index contributed by atoms with van der Waals surface area (Å²) in [6.45, 7) is 3.72. The molecular weight excluding hydrogens is 334 g/mol. The second-order valence-electron chi connectivity index (χ2n) is 5.78. The molecule has 3 rings (SSSR count). The average molecular weight is 356 g/mol. The Hall–Kier alpha value is -2.46. The second-order valence-corrected chi connectivity index (χ2v) is 6.22. The van der Waals surface area contributed by atoms with Crippen molar-refractivity contribution >= 4 is 29.6 Å². The Labute approximate surface area is 154 Å². The van der Waals surface area contributed by atoms with Gasteiger partial charge in [-0.05, 0) is 42.5 Å². The highest BCUT2D eigenvalue weighted by Gasteiger charge is 2.15. The number of allylic oxidation sites excluding steroid dienone is 1. The quantitative estimate of drug-likeness (QED) is 0.753. The summed E-state index contributed by atoms with van der Waals surface area (Å²) in [5, 5.41) is 7.40. The maximum Gasteiger partial charge on any atom is 0.126 e. The summed E-state index contributed by atoms with van der Waals surface area (Å²) >= 11 is 5.95. The van der Waals surface area contributed by atoms with E-state index >= 15 is 0 Å². The number of piperazine rings is 1. The van der Waals surface area contributed by atoms with Crippen LogP contribution in [0.1, 0.15) is 5.56 Å². The number of hydrogen-bond acceptors (Lipinski definition) is 4. The Morgan fingerprint density at radius 3 is 2.44 bits per heavy atom. The molecule has 25 heavy (non-hydrogen) atoms. The predicted octanol–water partition coefficient (Wildman–Crippen LogP) is 4.17. The lowest BCUT2D eigenvalue weighted by atomic mass is 10.2. The highest BCUT2D eigenvalue weighted by atomic mass is 35.5. The number of anilines is 1. The Morgan fingerprint density at radius 1 is 1.00 bits per heavy atom. The first-order chi connectivity index (χ1) is 12.3. The molecule has 1 aliphatic rings. The van der Waals surface area contributed by atoms with Crippen LogP contribution < -0.4 is 9.64 Å². The minimum atomic E-state index is 0.772. The molecular formula is C20H22ClN3O. The van der Waals surface area contributed by atoms with Gasteiger partial charge in [0, 0.05) is 35.6 Å². The zero-order chi connectivity index (χ0) is 17.5. The fourth-order valence-corrected chi connectivity index (χ4v) is 2.93. The molecule has 5 heteroatoms. The van der Waals surface area contributed by atoms with Crippen molar-refractivity contribution in [2.45, 2.75) is 0 Å². The molecule has 1 fully saturated rings. The van der Waals surface area contributed by atoms with Crippen LogP contribution in [0.2, 0.25) is 5.02 Å². The van der Waals surface area contributed by atoms with Gasteiger partial charge in [0.2, 0.25) is 0 Å². The van der Waals surface area contributed by atoms with Crippen molar-refractivity contribution in [3.05, 3.63) is 65.2 Å². The van der Waals surface area contributed by atoms with Crippen molar-refractivity contribution in [3.8, 4) is 5.75 Å². The number of methoxy groups -OCH3 is 1. The van der Waals surface area contributed by atoms with E-state index in [0.29, 0.717) is 0 Å². The highest BCUT2D eigenvalue weighted by Crippen LogP contribution is 2.20. The lowest BCUT2D eigenvalue weighted by molar-refractivity contribution is 0.272. The Kier molecular flexibility index (Phi) is 5.96. The van der Waals surface area contributed by atoms with Crippen LogP contribution in [-0.4, -0.2) is 44.5 Å². The molecule has 0 aliphatic carbocycles. The van der Waals surface area contributed by atoms with Gasteiger partial charge in [0.05, 0.1) is 20.2 Å². The van der Waals surface area contributed by atoms with Crippen molar-refractivity contribution in [2.75, 3.05) is 38.2 Å². The van der Waals surface area contributed by atoms with E-state index < -0.39 is 0 Å². The normalized spacial score (nSPS) is 15.3. The van der Waals surface area contributed by atoms with E-state index in [1.54, 1.807) is 7.11 Å². The standard InChI is InChI=1S/C20H22ClN3O/c1-25-20-7-3-2-5-17(20)6-4-12-22-24-15-13-23(14-16-24)19-10-8-18(21)9-11-19/h2-12H,13-16H2,1H3/b6-4+,22-12-. The molecule has 130 valence electrons. The number of halogens is 1.